The summed E-state index contributed by atoms with van der Waals surface area (Å²) in [7, 11) is 0. The van der Waals surface area contributed by atoms with Crippen molar-refractivity contribution in [3.8, 4) is 0 Å². The van der Waals surface area contributed by atoms with Crippen molar-refractivity contribution in [3.63, 3.8) is 0 Å². The summed E-state index contributed by atoms with van der Waals surface area (Å²) in [5, 5.41) is 0. The summed E-state index contributed by atoms with van der Waals surface area (Å²) >= 11 is 3.51. The summed E-state index contributed by atoms with van der Waals surface area (Å²) in [5.41, 5.74) is 2.53. The van der Waals surface area contributed by atoms with Crippen molar-refractivity contribution in [3.05, 3.63) is 34.9 Å². The molecule has 21 heavy (non-hydrogen) atoms. The molecule has 1 heterocycles. The molecule has 0 bridgehead atoms. The van der Waals surface area contributed by atoms with Crippen LogP contribution in [0.4, 0.5) is 0 Å². The minimum Gasteiger partial charge on any atom is -0.459 e. The molecule has 0 fully saturated rings. The number of benzene rings is 1. The van der Waals surface area contributed by atoms with Crippen molar-refractivity contribution in [2.45, 2.75) is 57.1 Å². The van der Waals surface area contributed by atoms with Crippen molar-refractivity contribution in [1.82, 2.24) is 0 Å². The second kappa shape index (κ2) is 5.73. The van der Waals surface area contributed by atoms with Crippen LogP contribution >= 0.6 is 15.9 Å². The predicted octanol–water partition coefficient (Wildman–Crippen LogP) is 4.27. The molecule has 0 saturated heterocycles. The topological polar surface area (TPSA) is 35.5 Å². The first-order chi connectivity index (χ1) is 9.62. The molecule has 2 rings (SSSR count). The van der Waals surface area contributed by atoms with Crippen LogP contribution in [0.3, 0.4) is 0 Å². The maximum absolute atomic E-state index is 12.3. The highest BCUT2D eigenvalue weighted by Crippen LogP contribution is 2.38. The fourth-order valence-corrected chi connectivity index (χ4v) is 3.17. The van der Waals surface area contributed by atoms with E-state index in [1.54, 1.807) is 0 Å². The first-order valence-electron chi connectivity index (χ1n) is 7.25. The summed E-state index contributed by atoms with van der Waals surface area (Å²) in [4.78, 5) is 11.9. The highest BCUT2D eigenvalue weighted by atomic mass is 79.9. The van der Waals surface area contributed by atoms with E-state index in [1.807, 2.05) is 32.9 Å². The lowest BCUT2D eigenvalue weighted by molar-refractivity contribution is -0.154. The second-order valence-corrected chi connectivity index (χ2v) is 7.79. The molecule has 0 saturated carbocycles. The molecule has 4 heteroatoms. The van der Waals surface area contributed by atoms with Crippen molar-refractivity contribution in [2.24, 2.45) is 0 Å². The van der Waals surface area contributed by atoms with Crippen LogP contribution in [0.15, 0.2) is 18.2 Å². The molecule has 0 aliphatic carbocycles. The molecule has 0 N–H and O–H groups in total. The number of alkyl halides is 1. The van der Waals surface area contributed by atoms with Gasteiger partial charge in [0.05, 0.1) is 12.2 Å². The van der Waals surface area contributed by atoms with E-state index in [1.165, 1.54) is 5.56 Å². The van der Waals surface area contributed by atoms with Crippen LogP contribution < -0.4 is 0 Å². The Labute approximate surface area is 135 Å². The fourth-order valence-electron chi connectivity index (χ4n) is 2.65. The maximum Gasteiger partial charge on any atom is 0.324 e. The molecule has 1 aliphatic heterocycles. The number of carbonyl (C=O) groups is 1. The van der Waals surface area contributed by atoms with E-state index in [0.29, 0.717) is 6.61 Å². The average Bonchev–Trinajstić information content (AvgIpc) is 2.35. The first kappa shape index (κ1) is 16.5. The Morgan fingerprint density at radius 3 is 2.67 bits per heavy atom. The van der Waals surface area contributed by atoms with Gasteiger partial charge < -0.3 is 9.47 Å². The molecule has 0 amide bonds. The average molecular weight is 355 g/mol. The molecule has 1 aliphatic rings. The van der Waals surface area contributed by atoms with Crippen molar-refractivity contribution < 1.29 is 14.3 Å². The van der Waals surface area contributed by atoms with Crippen LogP contribution in [0.5, 0.6) is 0 Å². The number of esters is 1. The first-order valence-corrected chi connectivity index (χ1v) is 8.16. The number of hydrogen-bond donors (Lipinski definition) is 0. The minimum atomic E-state index is -0.486. The number of fused-ring (bicyclic) bond motifs is 1. The lowest BCUT2D eigenvalue weighted by Gasteiger charge is -2.34. The standard InChI is InChI=1S/C17H23BrO3/c1-16(2,3)21-15(19)14(18)12-7-6-8-13-11(12)9-10-20-17(13,4)5/h6-8,14H,9-10H2,1-5H3. The van der Waals surface area contributed by atoms with Gasteiger partial charge >= 0.3 is 5.97 Å². The number of hydrogen-bond acceptors (Lipinski definition) is 3. The third-order valence-electron chi connectivity index (χ3n) is 3.56. The smallest absolute Gasteiger partial charge is 0.324 e. The van der Waals surface area contributed by atoms with Gasteiger partial charge in [0.2, 0.25) is 0 Å². The third-order valence-corrected chi connectivity index (χ3v) is 4.43. The van der Waals surface area contributed by atoms with Crippen LogP contribution in [0.2, 0.25) is 0 Å². The van der Waals surface area contributed by atoms with Crippen molar-refractivity contribution in [1.29, 1.82) is 0 Å². The van der Waals surface area contributed by atoms with Crippen LogP contribution in [0.25, 0.3) is 0 Å². The Kier molecular flexibility index (Phi) is 4.50. The SMILES string of the molecule is CC(C)(C)OC(=O)C(Br)c1cccc2c1CCOC2(C)C. The molecule has 1 unspecified atom stereocenters. The zero-order valence-corrected chi connectivity index (χ0v) is 14.9. The van der Waals surface area contributed by atoms with Crippen molar-refractivity contribution in [2.75, 3.05) is 6.61 Å². The summed E-state index contributed by atoms with van der Waals surface area (Å²) < 4.78 is 11.3. The molecule has 116 valence electrons. The van der Waals surface area contributed by atoms with E-state index in [0.717, 1.165) is 17.5 Å². The van der Waals surface area contributed by atoms with Gasteiger partial charge in [-0.25, -0.2) is 0 Å². The van der Waals surface area contributed by atoms with E-state index in [-0.39, 0.29) is 11.6 Å². The zero-order valence-electron chi connectivity index (χ0n) is 13.3. The highest BCUT2D eigenvalue weighted by molar-refractivity contribution is 9.09. The van der Waals surface area contributed by atoms with Crippen LogP contribution in [-0.4, -0.2) is 18.2 Å². The molecule has 3 nitrogen and oxygen atoms in total. The predicted molar refractivity (Wildman–Crippen MR) is 86.6 cm³/mol. The Hall–Kier alpha value is -0.870. The molecular weight excluding hydrogens is 332 g/mol. The minimum absolute atomic E-state index is 0.250. The Morgan fingerprint density at radius 2 is 2.05 bits per heavy atom. The Balaban J connectivity index is 2.35. The van der Waals surface area contributed by atoms with Crippen LogP contribution in [0.1, 0.15) is 56.1 Å². The summed E-state index contributed by atoms with van der Waals surface area (Å²) in [6, 6.07) is 6.04. The normalized spacial score (nSPS) is 18.8. The van der Waals surface area contributed by atoms with Crippen molar-refractivity contribution >= 4 is 21.9 Å². The van der Waals surface area contributed by atoms with Gasteiger partial charge in [-0.05, 0) is 57.7 Å². The number of carbonyl (C=O) groups excluding carboxylic acids is 1. The number of rotatable bonds is 2. The van der Waals surface area contributed by atoms with E-state index < -0.39 is 10.4 Å². The molecule has 0 radical (unpaired) electrons. The second-order valence-electron chi connectivity index (χ2n) is 6.88. The molecule has 1 atom stereocenters. The van der Waals surface area contributed by atoms with Gasteiger partial charge in [0.15, 0.2) is 0 Å². The summed E-state index contributed by atoms with van der Waals surface area (Å²) in [5.74, 6) is -0.250. The van der Waals surface area contributed by atoms with E-state index in [4.69, 9.17) is 9.47 Å². The summed E-state index contributed by atoms with van der Waals surface area (Å²) in [6.45, 7) is 10.4. The molecular formula is C17H23BrO3. The lowest BCUT2D eigenvalue weighted by Crippen LogP contribution is -2.31. The maximum atomic E-state index is 12.3. The van der Waals surface area contributed by atoms with Gasteiger partial charge in [-0.15, -0.1) is 0 Å². The van der Waals surface area contributed by atoms with Gasteiger partial charge in [0, 0.05) is 0 Å². The Bertz CT molecular complexity index is 543. The quantitative estimate of drug-likeness (QED) is 0.587. The van der Waals surface area contributed by atoms with E-state index >= 15 is 0 Å². The van der Waals surface area contributed by atoms with Crippen LogP contribution in [0, 0.1) is 0 Å². The molecule has 1 aromatic carbocycles. The Morgan fingerprint density at radius 1 is 1.38 bits per heavy atom. The fraction of sp³-hybridized carbons (Fsp3) is 0.588. The molecule has 0 aromatic heterocycles. The monoisotopic (exact) mass is 354 g/mol. The number of ether oxygens (including phenoxy) is 2. The van der Waals surface area contributed by atoms with E-state index in [9.17, 15) is 4.79 Å². The van der Waals surface area contributed by atoms with Gasteiger partial charge in [-0.3, -0.25) is 4.79 Å². The van der Waals surface area contributed by atoms with Crippen LogP contribution in [-0.2, 0) is 26.3 Å². The molecule has 1 aromatic rings. The van der Waals surface area contributed by atoms with Gasteiger partial charge in [-0.1, -0.05) is 34.1 Å². The number of halogens is 1. The lowest BCUT2D eigenvalue weighted by atomic mass is 9.85. The largest absolute Gasteiger partial charge is 0.459 e. The molecule has 0 spiro atoms. The third kappa shape index (κ3) is 3.67. The zero-order chi connectivity index (χ0) is 15.8. The van der Waals surface area contributed by atoms with Gasteiger partial charge in [0.25, 0.3) is 0 Å². The van der Waals surface area contributed by atoms with E-state index in [2.05, 4.69) is 35.8 Å². The van der Waals surface area contributed by atoms with Gasteiger partial charge in [-0.2, -0.15) is 0 Å². The summed E-state index contributed by atoms with van der Waals surface area (Å²) in [6.07, 6.45) is 0.819. The van der Waals surface area contributed by atoms with Gasteiger partial charge in [0.1, 0.15) is 10.4 Å². The highest BCUT2D eigenvalue weighted by Gasteiger charge is 2.33.